The lowest BCUT2D eigenvalue weighted by Gasteiger charge is -2.15. The van der Waals surface area contributed by atoms with Crippen molar-refractivity contribution in [2.24, 2.45) is 5.73 Å². The Kier molecular flexibility index (Phi) is 3.19. The van der Waals surface area contributed by atoms with Crippen LogP contribution in [0.5, 0.6) is 5.88 Å². The Morgan fingerprint density at radius 2 is 2.00 bits per heavy atom. The van der Waals surface area contributed by atoms with E-state index in [2.05, 4.69) is 28.6 Å². The van der Waals surface area contributed by atoms with Gasteiger partial charge in [-0.15, -0.1) is 11.3 Å². The molecule has 3 aromatic rings. The van der Waals surface area contributed by atoms with Crippen LogP contribution in [0.25, 0.3) is 10.1 Å². The molecule has 96 valence electrons. The lowest BCUT2D eigenvalue weighted by Crippen LogP contribution is -2.13. The molecule has 0 saturated heterocycles. The number of nitrogens with two attached hydrogens (primary N) is 1. The smallest absolute Gasteiger partial charge is 0.218 e. The SMILES string of the molecule is COc1ncccc1C(N)c1cccc2ccsc12. The number of pyridine rings is 1. The predicted octanol–water partition coefficient (Wildman–Crippen LogP) is 3.35. The summed E-state index contributed by atoms with van der Waals surface area (Å²) in [5, 5.41) is 3.31. The topological polar surface area (TPSA) is 48.1 Å². The number of benzene rings is 1. The van der Waals surface area contributed by atoms with Gasteiger partial charge in [0.2, 0.25) is 5.88 Å². The summed E-state index contributed by atoms with van der Waals surface area (Å²) < 4.78 is 6.52. The lowest BCUT2D eigenvalue weighted by atomic mass is 9.99. The molecule has 3 rings (SSSR count). The van der Waals surface area contributed by atoms with Crippen molar-refractivity contribution in [3.05, 3.63) is 59.1 Å². The number of methoxy groups -OCH3 is 1. The van der Waals surface area contributed by atoms with E-state index in [0.29, 0.717) is 5.88 Å². The van der Waals surface area contributed by atoms with Gasteiger partial charge in [-0.05, 0) is 28.5 Å². The maximum absolute atomic E-state index is 6.40. The minimum Gasteiger partial charge on any atom is -0.481 e. The number of fused-ring (bicyclic) bond motifs is 1. The van der Waals surface area contributed by atoms with Gasteiger partial charge in [0.1, 0.15) is 0 Å². The van der Waals surface area contributed by atoms with Gasteiger partial charge < -0.3 is 10.5 Å². The second-order valence-corrected chi connectivity index (χ2v) is 5.18. The molecule has 0 radical (unpaired) electrons. The molecule has 0 spiro atoms. The molecule has 0 amide bonds. The van der Waals surface area contributed by atoms with Gasteiger partial charge in [0.25, 0.3) is 0 Å². The van der Waals surface area contributed by atoms with Gasteiger partial charge in [-0.2, -0.15) is 0 Å². The molecule has 19 heavy (non-hydrogen) atoms. The fourth-order valence-electron chi connectivity index (χ4n) is 2.24. The van der Waals surface area contributed by atoms with Crippen molar-refractivity contribution in [2.45, 2.75) is 6.04 Å². The van der Waals surface area contributed by atoms with E-state index in [1.807, 2.05) is 18.2 Å². The Morgan fingerprint density at radius 1 is 1.16 bits per heavy atom. The third-order valence-corrected chi connectivity index (χ3v) is 4.15. The molecule has 0 aliphatic heterocycles. The normalized spacial score (nSPS) is 12.5. The molecule has 4 heteroatoms. The van der Waals surface area contributed by atoms with E-state index < -0.39 is 0 Å². The van der Waals surface area contributed by atoms with Gasteiger partial charge in [-0.3, -0.25) is 0 Å². The van der Waals surface area contributed by atoms with Crippen molar-refractivity contribution >= 4 is 21.4 Å². The summed E-state index contributed by atoms with van der Waals surface area (Å²) in [4.78, 5) is 4.21. The molecule has 0 saturated carbocycles. The number of thiophene rings is 1. The fourth-order valence-corrected chi connectivity index (χ4v) is 3.19. The standard InChI is InChI=1S/C15H14N2OS/c1-18-15-12(6-3-8-17-15)13(16)11-5-2-4-10-7-9-19-14(10)11/h2-9,13H,16H2,1H3. The first kappa shape index (κ1) is 12.1. The number of ether oxygens (including phenoxy) is 1. The van der Waals surface area contributed by atoms with Crippen molar-refractivity contribution in [3.63, 3.8) is 0 Å². The molecule has 1 atom stereocenters. The second-order valence-electron chi connectivity index (χ2n) is 4.27. The van der Waals surface area contributed by atoms with Crippen LogP contribution in [0.2, 0.25) is 0 Å². The van der Waals surface area contributed by atoms with Crippen LogP contribution in [0.4, 0.5) is 0 Å². The number of rotatable bonds is 3. The molecule has 0 bridgehead atoms. The summed E-state index contributed by atoms with van der Waals surface area (Å²) in [6.45, 7) is 0. The summed E-state index contributed by atoms with van der Waals surface area (Å²) in [5.41, 5.74) is 8.42. The van der Waals surface area contributed by atoms with E-state index in [4.69, 9.17) is 10.5 Å². The van der Waals surface area contributed by atoms with Crippen molar-refractivity contribution in [2.75, 3.05) is 7.11 Å². The zero-order chi connectivity index (χ0) is 13.2. The Labute approximate surface area is 115 Å². The summed E-state index contributed by atoms with van der Waals surface area (Å²) in [5.74, 6) is 0.587. The van der Waals surface area contributed by atoms with Crippen LogP contribution >= 0.6 is 11.3 Å². The van der Waals surface area contributed by atoms with Gasteiger partial charge >= 0.3 is 0 Å². The maximum atomic E-state index is 6.40. The van der Waals surface area contributed by atoms with E-state index in [-0.39, 0.29) is 6.04 Å². The summed E-state index contributed by atoms with van der Waals surface area (Å²) in [6.07, 6.45) is 1.71. The van der Waals surface area contributed by atoms with Crippen LogP contribution in [-0.2, 0) is 0 Å². The summed E-state index contributed by atoms with van der Waals surface area (Å²) in [7, 11) is 1.62. The average molecular weight is 270 g/mol. The van der Waals surface area contributed by atoms with Crippen LogP contribution in [0.15, 0.2) is 48.0 Å². The first-order valence-corrected chi connectivity index (χ1v) is 6.90. The highest BCUT2D eigenvalue weighted by molar-refractivity contribution is 7.17. The molecule has 1 aromatic carbocycles. The van der Waals surface area contributed by atoms with Gasteiger partial charge in [-0.1, -0.05) is 24.3 Å². The molecule has 1 unspecified atom stereocenters. The minimum absolute atomic E-state index is 0.231. The molecular formula is C15H14N2OS. The van der Waals surface area contributed by atoms with E-state index >= 15 is 0 Å². The van der Waals surface area contributed by atoms with Crippen LogP contribution in [-0.4, -0.2) is 12.1 Å². The van der Waals surface area contributed by atoms with Crippen LogP contribution in [0.1, 0.15) is 17.2 Å². The molecule has 3 nitrogen and oxygen atoms in total. The molecule has 0 aliphatic carbocycles. The number of hydrogen-bond acceptors (Lipinski definition) is 4. The van der Waals surface area contributed by atoms with Gasteiger partial charge in [0, 0.05) is 16.5 Å². The summed E-state index contributed by atoms with van der Waals surface area (Å²) in [6, 6.07) is 11.9. The van der Waals surface area contributed by atoms with Gasteiger partial charge in [0.05, 0.1) is 13.2 Å². The largest absolute Gasteiger partial charge is 0.481 e. The van der Waals surface area contributed by atoms with E-state index in [0.717, 1.165) is 11.1 Å². The van der Waals surface area contributed by atoms with Gasteiger partial charge in [-0.25, -0.2) is 4.98 Å². The van der Waals surface area contributed by atoms with Crippen molar-refractivity contribution in [3.8, 4) is 5.88 Å². The van der Waals surface area contributed by atoms with Crippen LogP contribution in [0, 0.1) is 0 Å². The third-order valence-electron chi connectivity index (χ3n) is 3.17. The second kappa shape index (κ2) is 4.99. The Hall–Kier alpha value is -1.91. The van der Waals surface area contributed by atoms with E-state index in [9.17, 15) is 0 Å². The maximum Gasteiger partial charge on any atom is 0.218 e. The molecule has 0 aliphatic rings. The van der Waals surface area contributed by atoms with Crippen LogP contribution in [0.3, 0.4) is 0 Å². The molecule has 0 fully saturated rings. The monoisotopic (exact) mass is 270 g/mol. The first-order valence-electron chi connectivity index (χ1n) is 6.02. The minimum atomic E-state index is -0.231. The van der Waals surface area contributed by atoms with Crippen molar-refractivity contribution < 1.29 is 4.74 Å². The van der Waals surface area contributed by atoms with Crippen molar-refractivity contribution in [1.82, 2.24) is 4.98 Å². The summed E-state index contributed by atoms with van der Waals surface area (Å²) >= 11 is 1.71. The highest BCUT2D eigenvalue weighted by Crippen LogP contribution is 2.33. The number of aromatic nitrogens is 1. The predicted molar refractivity (Wildman–Crippen MR) is 78.6 cm³/mol. The first-order chi connectivity index (χ1) is 9.31. The fraction of sp³-hybridized carbons (Fsp3) is 0.133. The average Bonchev–Trinajstić information content (AvgIpc) is 2.94. The lowest BCUT2D eigenvalue weighted by molar-refractivity contribution is 0.390. The zero-order valence-electron chi connectivity index (χ0n) is 10.5. The van der Waals surface area contributed by atoms with Gasteiger partial charge in [0.15, 0.2) is 0 Å². The Balaban J connectivity index is 2.13. The van der Waals surface area contributed by atoms with E-state index in [1.165, 1.54) is 10.1 Å². The molecule has 2 heterocycles. The van der Waals surface area contributed by atoms with Crippen LogP contribution < -0.4 is 10.5 Å². The van der Waals surface area contributed by atoms with E-state index in [1.54, 1.807) is 24.6 Å². The van der Waals surface area contributed by atoms with Crippen molar-refractivity contribution in [1.29, 1.82) is 0 Å². The third kappa shape index (κ3) is 2.09. The Bertz CT molecular complexity index is 708. The quantitative estimate of drug-likeness (QED) is 0.794. The highest BCUT2D eigenvalue weighted by atomic mass is 32.1. The number of nitrogens with zero attached hydrogens (tertiary/aromatic N) is 1. The zero-order valence-corrected chi connectivity index (χ0v) is 11.4. The number of hydrogen-bond donors (Lipinski definition) is 1. The molecule has 2 N–H and O–H groups in total. The Morgan fingerprint density at radius 3 is 2.84 bits per heavy atom. The highest BCUT2D eigenvalue weighted by Gasteiger charge is 2.17. The molecular weight excluding hydrogens is 256 g/mol. The molecule has 2 aromatic heterocycles.